The predicted molar refractivity (Wildman–Crippen MR) is 74.8 cm³/mol. The van der Waals surface area contributed by atoms with E-state index in [9.17, 15) is 30.4 Å². The Morgan fingerprint density at radius 1 is 0.958 bits per heavy atom. The summed E-state index contributed by atoms with van der Waals surface area (Å²) < 4.78 is 97.1. The molecular formula is C13H7ClF5NO3S. The molecule has 0 heterocycles. The summed E-state index contributed by atoms with van der Waals surface area (Å²) in [5.74, 6) is -12.0. The first-order valence-electron chi connectivity index (χ1n) is 6.02. The number of halogens is 6. The summed E-state index contributed by atoms with van der Waals surface area (Å²) in [6.07, 6.45) is 0. The highest BCUT2D eigenvalue weighted by atomic mass is 35.5. The van der Waals surface area contributed by atoms with Gasteiger partial charge in [0.05, 0.1) is 5.69 Å². The van der Waals surface area contributed by atoms with E-state index in [2.05, 4.69) is 0 Å². The molecule has 0 radical (unpaired) electrons. The molecule has 0 aliphatic heterocycles. The number of alkyl halides is 1. The van der Waals surface area contributed by atoms with E-state index in [1.165, 1.54) is 18.2 Å². The normalized spacial score (nSPS) is 11.4. The molecule has 1 N–H and O–H groups in total. The molecule has 24 heavy (non-hydrogen) atoms. The number of nitrogens with one attached hydrogen (secondary N) is 1. The van der Waals surface area contributed by atoms with E-state index in [-0.39, 0.29) is 17.5 Å². The molecular weight excluding hydrogens is 381 g/mol. The van der Waals surface area contributed by atoms with Crippen LogP contribution in [0.25, 0.3) is 0 Å². The van der Waals surface area contributed by atoms with E-state index in [1.54, 1.807) is 4.72 Å². The van der Waals surface area contributed by atoms with Crippen molar-refractivity contribution >= 4 is 27.3 Å². The highest BCUT2D eigenvalue weighted by molar-refractivity contribution is 7.92. The summed E-state index contributed by atoms with van der Waals surface area (Å²) in [5.41, 5.74) is -0.235. The third-order valence-electron chi connectivity index (χ3n) is 2.75. The number of hydrogen-bond acceptors (Lipinski definition) is 3. The van der Waals surface area contributed by atoms with Gasteiger partial charge in [0.2, 0.25) is 5.82 Å². The van der Waals surface area contributed by atoms with Crippen LogP contribution in [0, 0.1) is 29.1 Å². The molecule has 0 aliphatic carbocycles. The second-order valence-electron chi connectivity index (χ2n) is 4.29. The van der Waals surface area contributed by atoms with Gasteiger partial charge in [0.15, 0.2) is 34.2 Å². The SMILES string of the molecule is O=S(=O)(Nc1cccc(OCCl)c1)c1c(F)c(F)c(F)c(F)c1F. The molecule has 0 saturated heterocycles. The van der Waals surface area contributed by atoms with Crippen LogP contribution in [-0.4, -0.2) is 14.5 Å². The average Bonchev–Trinajstić information content (AvgIpc) is 2.51. The van der Waals surface area contributed by atoms with Crippen molar-refractivity contribution in [3.05, 3.63) is 53.4 Å². The molecule has 0 aromatic heterocycles. The van der Waals surface area contributed by atoms with Gasteiger partial charge in [-0.05, 0) is 12.1 Å². The summed E-state index contributed by atoms with van der Waals surface area (Å²) in [6, 6.07) is 4.74. The van der Waals surface area contributed by atoms with Gasteiger partial charge in [0.1, 0.15) is 5.75 Å². The number of rotatable bonds is 5. The molecule has 2 aromatic carbocycles. The lowest BCUT2D eigenvalue weighted by molar-refractivity contribution is 0.358. The van der Waals surface area contributed by atoms with Crippen LogP contribution in [0.4, 0.5) is 27.6 Å². The quantitative estimate of drug-likeness (QED) is 0.368. The Bertz CT molecular complexity index is 862. The van der Waals surface area contributed by atoms with Gasteiger partial charge in [-0.1, -0.05) is 17.7 Å². The van der Waals surface area contributed by atoms with Gasteiger partial charge in [0, 0.05) is 6.07 Å². The van der Waals surface area contributed by atoms with Crippen molar-refractivity contribution in [3.8, 4) is 5.75 Å². The Labute approximate surface area is 137 Å². The number of benzene rings is 2. The summed E-state index contributed by atoms with van der Waals surface area (Å²) >= 11 is 5.33. The molecule has 130 valence electrons. The zero-order valence-corrected chi connectivity index (χ0v) is 13.0. The number of sulfonamides is 1. The van der Waals surface area contributed by atoms with Gasteiger partial charge in [-0.15, -0.1) is 0 Å². The van der Waals surface area contributed by atoms with E-state index in [1.807, 2.05) is 0 Å². The van der Waals surface area contributed by atoms with Crippen molar-refractivity contribution in [3.63, 3.8) is 0 Å². The van der Waals surface area contributed by atoms with Crippen molar-refractivity contribution in [2.24, 2.45) is 0 Å². The van der Waals surface area contributed by atoms with Gasteiger partial charge in [-0.3, -0.25) is 4.72 Å². The molecule has 0 fully saturated rings. The first-order chi connectivity index (χ1) is 11.2. The molecule has 0 unspecified atom stereocenters. The van der Waals surface area contributed by atoms with E-state index in [4.69, 9.17) is 16.3 Å². The van der Waals surface area contributed by atoms with Crippen LogP contribution in [0.5, 0.6) is 5.75 Å². The van der Waals surface area contributed by atoms with Gasteiger partial charge in [-0.25, -0.2) is 30.4 Å². The summed E-state index contributed by atoms with van der Waals surface area (Å²) in [7, 11) is -5.10. The van der Waals surface area contributed by atoms with Crippen LogP contribution in [0.1, 0.15) is 0 Å². The molecule has 0 amide bonds. The van der Waals surface area contributed by atoms with Crippen molar-refractivity contribution in [2.75, 3.05) is 10.8 Å². The van der Waals surface area contributed by atoms with Crippen LogP contribution < -0.4 is 9.46 Å². The third kappa shape index (κ3) is 3.39. The number of hydrogen-bond donors (Lipinski definition) is 1. The Morgan fingerprint density at radius 3 is 2.04 bits per heavy atom. The second-order valence-corrected chi connectivity index (χ2v) is 6.12. The molecule has 11 heteroatoms. The lowest BCUT2D eigenvalue weighted by atomic mass is 10.3. The predicted octanol–water partition coefficient (Wildman–Crippen LogP) is 3.76. The number of ether oxygens (including phenoxy) is 1. The Morgan fingerprint density at radius 2 is 1.50 bits per heavy atom. The Kier molecular flexibility index (Phi) is 5.19. The number of anilines is 1. The van der Waals surface area contributed by atoms with E-state index in [0.29, 0.717) is 0 Å². The zero-order chi connectivity index (χ0) is 18.1. The first-order valence-corrected chi connectivity index (χ1v) is 8.04. The minimum absolute atomic E-state index is 0.114. The maximum atomic E-state index is 13.6. The molecule has 0 aliphatic rings. The lowest BCUT2D eigenvalue weighted by Gasteiger charge is -2.12. The largest absolute Gasteiger partial charge is 0.478 e. The maximum Gasteiger partial charge on any atom is 0.267 e. The summed E-state index contributed by atoms with van der Waals surface area (Å²) in [5, 5.41) is 0. The molecule has 2 aromatic rings. The average molecular weight is 388 g/mol. The van der Waals surface area contributed by atoms with E-state index in [0.717, 1.165) is 6.07 Å². The fraction of sp³-hybridized carbons (Fsp3) is 0.0769. The topological polar surface area (TPSA) is 55.4 Å². The molecule has 0 saturated carbocycles. The van der Waals surface area contributed by atoms with Crippen LogP contribution in [0.2, 0.25) is 0 Å². The third-order valence-corrected chi connectivity index (χ3v) is 4.26. The van der Waals surface area contributed by atoms with Crippen molar-refractivity contribution < 1.29 is 35.1 Å². The fourth-order valence-electron chi connectivity index (χ4n) is 1.74. The monoisotopic (exact) mass is 387 g/mol. The Hall–Kier alpha value is -2.07. The van der Waals surface area contributed by atoms with Crippen molar-refractivity contribution in [1.82, 2.24) is 0 Å². The highest BCUT2D eigenvalue weighted by Gasteiger charge is 2.33. The minimum Gasteiger partial charge on any atom is -0.478 e. The van der Waals surface area contributed by atoms with Crippen molar-refractivity contribution in [1.29, 1.82) is 0 Å². The van der Waals surface area contributed by atoms with Gasteiger partial charge < -0.3 is 4.74 Å². The van der Waals surface area contributed by atoms with Crippen LogP contribution >= 0.6 is 11.6 Å². The molecule has 0 atom stereocenters. The molecule has 0 spiro atoms. The van der Waals surface area contributed by atoms with Crippen LogP contribution in [0.15, 0.2) is 29.2 Å². The maximum absolute atomic E-state index is 13.6. The van der Waals surface area contributed by atoms with Crippen LogP contribution in [0.3, 0.4) is 0 Å². The first kappa shape index (κ1) is 18.3. The second kappa shape index (κ2) is 6.81. The smallest absolute Gasteiger partial charge is 0.267 e. The molecule has 0 bridgehead atoms. The molecule has 4 nitrogen and oxygen atoms in total. The summed E-state index contributed by atoms with van der Waals surface area (Å²) in [4.78, 5) is -1.98. The van der Waals surface area contributed by atoms with Crippen LogP contribution in [-0.2, 0) is 10.0 Å². The highest BCUT2D eigenvalue weighted by Crippen LogP contribution is 2.28. The fourth-order valence-corrected chi connectivity index (χ4v) is 3.06. The minimum atomic E-state index is -5.10. The Balaban J connectivity index is 2.51. The van der Waals surface area contributed by atoms with Gasteiger partial charge in [-0.2, -0.15) is 0 Å². The lowest BCUT2D eigenvalue weighted by Crippen LogP contribution is -2.19. The van der Waals surface area contributed by atoms with E-state index >= 15 is 0 Å². The van der Waals surface area contributed by atoms with Crippen molar-refractivity contribution in [2.45, 2.75) is 4.90 Å². The zero-order valence-electron chi connectivity index (χ0n) is 11.4. The standard InChI is InChI=1S/C13H7ClF5NO3S/c14-5-23-7-3-1-2-6(4-7)20-24(21,22)13-11(18)9(16)8(15)10(17)12(13)19/h1-4,20H,5H2. The van der Waals surface area contributed by atoms with Gasteiger partial charge >= 0.3 is 0 Å². The van der Waals surface area contributed by atoms with E-state index < -0.39 is 44.0 Å². The molecule has 2 rings (SSSR count). The van der Waals surface area contributed by atoms with Gasteiger partial charge in [0.25, 0.3) is 10.0 Å². The summed E-state index contributed by atoms with van der Waals surface area (Å²) in [6.45, 7) is 0.